The quantitative estimate of drug-likeness (QED) is 0.836. The van der Waals surface area contributed by atoms with Gasteiger partial charge in [0.1, 0.15) is 6.04 Å². The number of hydrogen-bond donors (Lipinski definition) is 1. The molecule has 1 unspecified atom stereocenters. The van der Waals surface area contributed by atoms with E-state index in [2.05, 4.69) is 5.32 Å². The Hall–Kier alpha value is -2.34. The van der Waals surface area contributed by atoms with Gasteiger partial charge in [-0.1, -0.05) is 31.2 Å². The molecule has 0 radical (unpaired) electrons. The van der Waals surface area contributed by atoms with Crippen molar-refractivity contribution in [1.29, 1.82) is 0 Å². The molecule has 1 N–H and O–H groups in total. The molecular formula is C20H26N2O3S. The van der Waals surface area contributed by atoms with E-state index in [9.17, 15) is 13.2 Å². The number of carbonyl (C=O) groups is 1. The van der Waals surface area contributed by atoms with Crippen molar-refractivity contribution in [1.82, 2.24) is 0 Å². The molecule has 0 spiro atoms. The number of rotatable bonds is 6. The van der Waals surface area contributed by atoms with Crippen LogP contribution in [0.4, 0.5) is 11.4 Å². The second-order valence-corrected chi connectivity index (χ2v) is 8.42. The molecule has 0 heterocycles. The highest BCUT2D eigenvalue weighted by molar-refractivity contribution is 7.92. The zero-order chi connectivity index (χ0) is 19.5. The molecule has 0 aromatic heterocycles. The Morgan fingerprint density at radius 2 is 1.69 bits per heavy atom. The third kappa shape index (κ3) is 4.43. The summed E-state index contributed by atoms with van der Waals surface area (Å²) in [5, 5.41) is 2.86. The van der Waals surface area contributed by atoms with Gasteiger partial charge in [0, 0.05) is 5.69 Å². The van der Waals surface area contributed by atoms with Crippen molar-refractivity contribution in [3.05, 3.63) is 59.2 Å². The molecule has 2 aromatic rings. The molecule has 2 rings (SSSR count). The molecule has 0 bridgehead atoms. The first kappa shape index (κ1) is 20.0. The molecule has 0 aliphatic rings. The first-order chi connectivity index (χ1) is 12.1. The van der Waals surface area contributed by atoms with Crippen molar-refractivity contribution in [2.75, 3.05) is 15.9 Å². The summed E-state index contributed by atoms with van der Waals surface area (Å²) < 4.78 is 26.2. The minimum absolute atomic E-state index is 0.342. The highest BCUT2D eigenvalue weighted by atomic mass is 32.2. The maximum atomic E-state index is 12.9. The Labute approximate surface area is 156 Å². The number of nitrogens with zero attached hydrogens (tertiary/aromatic N) is 1. The molecule has 26 heavy (non-hydrogen) atoms. The van der Waals surface area contributed by atoms with Gasteiger partial charge < -0.3 is 5.32 Å². The molecule has 0 aliphatic heterocycles. The summed E-state index contributed by atoms with van der Waals surface area (Å²) >= 11 is 0. The fourth-order valence-electron chi connectivity index (χ4n) is 2.85. The predicted molar refractivity (Wildman–Crippen MR) is 107 cm³/mol. The average molecular weight is 375 g/mol. The summed E-state index contributed by atoms with van der Waals surface area (Å²) in [4.78, 5) is 12.9. The molecule has 140 valence electrons. The zero-order valence-corrected chi connectivity index (χ0v) is 16.7. The number of benzene rings is 2. The van der Waals surface area contributed by atoms with E-state index in [1.165, 1.54) is 4.31 Å². The lowest BCUT2D eigenvalue weighted by atomic mass is 10.1. The van der Waals surface area contributed by atoms with Crippen molar-refractivity contribution in [3.63, 3.8) is 0 Å². The SMILES string of the molecule is CCC(C(=O)Nc1ccccc1C)N(c1ccc(C)c(C)c1)S(C)(=O)=O. The summed E-state index contributed by atoms with van der Waals surface area (Å²) in [5.74, 6) is -0.342. The molecular weight excluding hydrogens is 348 g/mol. The lowest BCUT2D eigenvalue weighted by Gasteiger charge is -2.30. The lowest BCUT2D eigenvalue weighted by Crippen LogP contribution is -2.47. The van der Waals surface area contributed by atoms with Gasteiger partial charge in [0.15, 0.2) is 0 Å². The minimum atomic E-state index is -3.63. The van der Waals surface area contributed by atoms with Gasteiger partial charge in [-0.05, 0) is 62.1 Å². The molecule has 5 nitrogen and oxygen atoms in total. The summed E-state index contributed by atoms with van der Waals surface area (Å²) in [6.07, 6.45) is 1.49. The van der Waals surface area contributed by atoms with E-state index in [4.69, 9.17) is 0 Å². The van der Waals surface area contributed by atoms with Gasteiger partial charge in [-0.25, -0.2) is 8.42 Å². The van der Waals surface area contributed by atoms with E-state index < -0.39 is 16.1 Å². The zero-order valence-electron chi connectivity index (χ0n) is 15.9. The summed E-state index contributed by atoms with van der Waals surface area (Å²) in [6, 6.07) is 12.0. The molecule has 6 heteroatoms. The van der Waals surface area contributed by atoms with E-state index >= 15 is 0 Å². The van der Waals surface area contributed by atoms with Crippen LogP contribution in [-0.4, -0.2) is 26.6 Å². The van der Waals surface area contributed by atoms with E-state index in [0.717, 1.165) is 22.9 Å². The number of carbonyl (C=O) groups excluding carboxylic acids is 1. The number of aryl methyl sites for hydroxylation is 3. The lowest BCUT2D eigenvalue weighted by molar-refractivity contribution is -0.117. The number of hydrogen-bond acceptors (Lipinski definition) is 3. The van der Waals surface area contributed by atoms with Crippen molar-refractivity contribution < 1.29 is 13.2 Å². The number of anilines is 2. The van der Waals surface area contributed by atoms with Crippen LogP contribution in [0.25, 0.3) is 0 Å². The summed E-state index contributed by atoms with van der Waals surface area (Å²) in [5.41, 5.74) is 4.16. The number of sulfonamides is 1. The fourth-order valence-corrected chi connectivity index (χ4v) is 4.06. The van der Waals surface area contributed by atoms with Crippen molar-refractivity contribution in [3.8, 4) is 0 Å². The first-order valence-corrected chi connectivity index (χ1v) is 10.4. The topological polar surface area (TPSA) is 66.5 Å². The molecule has 0 aliphatic carbocycles. The maximum absolute atomic E-state index is 12.9. The Morgan fingerprint density at radius 3 is 2.23 bits per heavy atom. The van der Waals surface area contributed by atoms with Crippen LogP contribution in [0.1, 0.15) is 30.0 Å². The Balaban J connectivity index is 2.43. The van der Waals surface area contributed by atoms with Gasteiger partial charge in [-0.2, -0.15) is 0 Å². The van der Waals surface area contributed by atoms with Gasteiger partial charge in [0.05, 0.1) is 11.9 Å². The first-order valence-electron chi connectivity index (χ1n) is 8.58. The molecule has 1 amide bonds. The van der Waals surface area contributed by atoms with Gasteiger partial charge >= 0.3 is 0 Å². The van der Waals surface area contributed by atoms with Crippen LogP contribution in [0.3, 0.4) is 0 Å². The van der Waals surface area contributed by atoms with Crippen LogP contribution in [0, 0.1) is 20.8 Å². The monoisotopic (exact) mass is 374 g/mol. The van der Waals surface area contributed by atoms with Crippen LogP contribution in [0.5, 0.6) is 0 Å². The molecule has 0 saturated heterocycles. The average Bonchev–Trinajstić information content (AvgIpc) is 2.56. The molecule has 0 fully saturated rings. The number of para-hydroxylation sites is 1. The van der Waals surface area contributed by atoms with Crippen LogP contribution in [0.2, 0.25) is 0 Å². The van der Waals surface area contributed by atoms with E-state index in [1.807, 2.05) is 45.0 Å². The third-order valence-corrected chi connectivity index (χ3v) is 5.66. The van der Waals surface area contributed by atoms with Crippen molar-refractivity contribution in [2.24, 2.45) is 0 Å². The largest absolute Gasteiger partial charge is 0.324 e. The molecule has 1 atom stereocenters. The summed E-state index contributed by atoms with van der Waals surface area (Å²) in [6.45, 7) is 7.59. The Morgan fingerprint density at radius 1 is 1.04 bits per heavy atom. The van der Waals surface area contributed by atoms with Gasteiger partial charge in [-0.3, -0.25) is 9.10 Å². The highest BCUT2D eigenvalue weighted by Gasteiger charge is 2.31. The third-order valence-electron chi connectivity index (χ3n) is 4.48. The Bertz CT molecular complexity index is 907. The van der Waals surface area contributed by atoms with Crippen molar-refractivity contribution >= 4 is 27.3 Å². The van der Waals surface area contributed by atoms with E-state index in [0.29, 0.717) is 17.8 Å². The van der Waals surface area contributed by atoms with Crippen LogP contribution in [0.15, 0.2) is 42.5 Å². The van der Waals surface area contributed by atoms with Crippen molar-refractivity contribution in [2.45, 2.75) is 40.2 Å². The predicted octanol–water partition coefficient (Wildman–Crippen LogP) is 3.80. The van der Waals surface area contributed by atoms with Crippen LogP contribution < -0.4 is 9.62 Å². The van der Waals surface area contributed by atoms with Crippen LogP contribution >= 0.6 is 0 Å². The normalized spacial score (nSPS) is 12.5. The second-order valence-electron chi connectivity index (χ2n) is 6.56. The number of nitrogens with one attached hydrogen (secondary N) is 1. The van der Waals surface area contributed by atoms with Gasteiger partial charge in [0.2, 0.25) is 15.9 Å². The smallest absolute Gasteiger partial charge is 0.248 e. The minimum Gasteiger partial charge on any atom is -0.324 e. The second kappa shape index (κ2) is 7.91. The maximum Gasteiger partial charge on any atom is 0.248 e. The van der Waals surface area contributed by atoms with E-state index in [1.54, 1.807) is 25.1 Å². The fraction of sp³-hybridized carbons (Fsp3) is 0.350. The molecule has 0 saturated carbocycles. The van der Waals surface area contributed by atoms with Gasteiger partial charge in [-0.15, -0.1) is 0 Å². The number of amides is 1. The standard InChI is InChI=1S/C20H26N2O3S/c1-6-19(20(23)21-18-10-8-7-9-15(18)3)22(26(5,24)25)17-12-11-14(2)16(4)13-17/h7-13,19H,6H2,1-5H3,(H,21,23). The molecule has 2 aromatic carbocycles. The van der Waals surface area contributed by atoms with Crippen LogP contribution in [-0.2, 0) is 14.8 Å². The Kier molecular flexibility index (Phi) is 6.08. The van der Waals surface area contributed by atoms with Gasteiger partial charge in [0.25, 0.3) is 0 Å². The highest BCUT2D eigenvalue weighted by Crippen LogP contribution is 2.26. The van der Waals surface area contributed by atoms with E-state index in [-0.39, 0.29) is 5.91 Å². The summed E-state index contributed by atoms with van der Waals surface area (Å²) in [7, 11) is -3.63.